The van der Waals surface area contributed by atoms with Crippen molar-refractivity contribution in [1.29, 1.82) is 0 Å². The lowest BCUT2D eigenvalue weighted by Crippen LogP contribution is -2.65. The maximum Gasteiger partial charge on any atom is 0.412 e. The van der Waals surface area contributed by atoms with Gasteiger partial charge in [-0.25, -0.2) is 19.7 Å². The number of nitrogens with zero attached hydrogens (tertiary/aromatic N) is 7. The summed E-state index contributed by atoms with van der Waals surface area (Å²) in [5, 5.41) is 24.0. The maximum absolute atomic E-state index is 14.2. The Bertz CT molecular complexity index is 2660. The number of carbonyl (C=O) groups excluding carboxylic acids is 4. The Kier molecular flexibility index (Phi) is 16.7. The smallest absolute Gasteiger partial charge is 0.412 e. The van der Waals surface area contributed by atoms with Gasteiger partial charge in [0.25, 0.3) is 5.91 Å². The standard InChI is InChI=1S/C56H74ClN11O7/c1-6-38-8-7-9-40(29-38)41-30-44(64-53(73)75-54(3,4)5)48(60-31-41)52(72)68-22-20-65(21-23-68)34-56-16-14-55(15-17-56,35-74-56)63-33-46(70)59-19-18-58-32-43(39-10-12-42(57)13-11-39)51(71)67-26-24-66(25-27-67)50-47-37(2)28-45(69)49(47)61-36-62-50/h7-13,29-31,36-37,43,45,58,63,69H,6,14-28,32-35H2,1-5H3,(H,59,70)(H,64,73)/t37-,43-,45-,55?,56?/m1/s1. The predicted molar refractivity (Wildman–Crippen MR) is 288 cm³/mol. The molecule has 6 heterocycles. The van der Waals surface area contributed by atoms with Gasteiger partial charge < -0.3 is 45.2 Å². The molecule has 10 rings (SSSR count). The number of aryl methyl sites for hydroxylation is 1. The average Bonchev–Trinajstić information content (AvgIpc) is 3.71. The molecule has 2 aromatic heterocycles. The molecule has 2 aromatic carbocycles. The van der Waals surface area contributed by atoms with Gasteiger partial charge in [-0.15, -0.1) is 0 Å². The van der Waals surface area contributed by atoms with Crippen LogP contribution in [0.3, 0.4) is 0 Å². The lowest BCUT2D eigenvalue weighted by atomic mass is 9.71. The molecule has 5 N–H and O–H groups in total. The van der Waals surface area contributed by atoms with E-state index >= 15 is 0 Å². The van der Waals surface area contributed by atoms with Crippen LogP contribution in [0.1, 0.15) is 118 Å². The van der Waals surface area contributed by atoms with Crippen LogP contribution in [0, 0.1) is 0 Å². The normalized spacial score (nSPS) is 23.2. The van der Waals surface area contributed by atoms with Gasteiger partial charge in [-0.05, 0) is 100 Å². The molecule has 4 amide bonds. The molecule has 4 saturated heterocycles. The predicted octanol–water partition coefficient (Wildman–Crippen LogP) is 5.91. The Morgan fingerprint density at radius 2 is 1.63 bits per heavy atom. The zero-order valence-electron chi connectivity index (χ0n) is 44.1. The summed E-state index contributed by atoms with van der Waals surface area (Å²) in [6.45, 7) is 17.1. The zero-order valence-corrected chi connectivity index (χ0v) is 44.9. The number of rotatable bonds is 17. The van der Waals surface area contributed by atoms with Crippen LogP contribution in [0.2, 0.25) is 5.02 Å². The monoisotopic (exact) mass is 1050 g/mol. The van der Waals surface area contributed by atoms with Crippen LogP contribution in [0.25, 0.3) is 11.1 Å². The SMILES string of the molecule is CCc1cccc(-c2cnc(C(=O)N3CCN(CC45CCC(NCC(=O)NCCNC[C@@H](C(=O)N6CCN(c7ncnc8c7[C@H](C)C[C@H]8O)CC6)c6ccc(Cl)cc6)(CC4)CO5)CC3)c(NC(=O)OC(C)(C)C)c2)c1. The van der Waals surface area contributed by atoms with Crippen molar-refractivity contribution in [2.75, 3.05) is 102 Å². The van der Waals surface area contributed by atoms with E-state index < -0.39 is 23.7 Å². The second-order valence-corrected chi connectivity index (χ2v) is 22.5. The molecule has 6 aliphatic rings. The fraction of sp³-hybridized carbons (Fsp3) is 0.554. The highest BCUT2D eigenvalue weighted by molar-refractivity contribution is 6.30. The lowest BCUT2D eigenvalue weighted by molar-refractivity contribution is -0.173. The minimum Gasteiger partial charge on any atom is -0.444 e. The molecule has 18 nitrogen and oxygen atoms in total. The van der Waals surface area contributed by atoms with Gasteiger partial charge >= 0.3 is 6.09 Å². The van der Waals surface area contributed by atoms with Crippen LogP contribution in [0.15, 0.2) is 67.1 Å². The van der Waals surface area contributed by atoms with Crippen LogP contribution in [0.4, 0.5) is 16.3 Å². The number of ether oxygens (including phenoxy) is 2. The van der Waals surface area contributed by atoms with E-state index in [1.807, 2.05) is 41.3 Å². The number of piperazine rings is 2. The summed E-state index contributed by atoms with van der Waals surface area (Å²) in [5.41, 5.74) is 4.74. The zero-order chi connectivity index (χ0) is 52.9. The number of aliphatic hydroxyl groups excluding tert-OH is 1. The number of aromatic nitrogens is 3. The molecule has 0 spiro atoms. The Labute approximate surface area is 445 Å². The van der Waals surface area contributed by atoms with Gasteiger partial charge in [0.05, 0.1) is 42.2 Å². The maximum atomic E-state index is 14.2. The first kappa shape index (κ1) is 54.0. The quantitative estimate of drug-likeness (QED) is 0.0781. The Morgan fingerprint density at radius 1 is 0.893 bits per heavy atom. The Balaban J connectivity index is 0.704. The number of hydrogen-bond donors (Lipinski definition) is 5. The average molecular weight is 1050 g/mol. The number of carbonyl (C=O) groups is 4. The molecular weight excluding hydrogens is 974 g/mol. The van der Waals surface area contributed by atoms with E-state index in [2.05, 4.69) is 72.0 Å². The molecule has 4 aromatic rings. The fourth-order valence-electron chi connectivity index (χ4n) is 11.4. The number of fused-ring (bicyclic) bond motifs is 4. The van der Waals surface area contributed by atoms with Crippen LogP contribution in [0.5, 0.6) is 0 Å². The van der Waals surface area contributed by atoms with Gasteiger partial charge in [0.2, 0.25) is 11.8 Å². The summed E-state index contributed by atoms with van der Waals surface area (Å²) in [6.07, 6.45) is 7.06. The highest BCUT2D eigenvalue weighted by Crippen LogP contribution is 2.45. The van der Waals surface area contributed by atoms with E-state index in [9.17, 15) is 24.3 Å². The third-order valence-corrected chi connectivity index (χ3v) is 15.9. The topological polar surface area (TPSA) is 207 Å². The highest BCUT2D eigenvalue weighted by atomic mass is 35.5. The molecule has 4 aliphatic heterocycles. The Hall–Kier alpha value is -5.76. The Morgan fingerprint density at radius 3 is 2.32 bits per heavy atom. The van der Waals surface area contributed by atoms with Crippen molar-refractivity contribution in [3.8, 4) is 11.1 Å². The second-order valence-electron chi connectivity index (χ2n) is 22.1. The van der Waals surface area contributed by atoms with E-state index in [1.54, 1.807) is 37.9 Å². The number of anilines is 2. The summed E-state index contributed by atoms with van der Waals surface area (Å²) in [4.78, 5) is 76.3. The van der Waals surface area contributed by atoms with Gasteiger partial charge in [0.1, 0.15) is 17.7 Å². The molecule has 2 aliphatic carbocycles. The number of halogens is 1. The van der Waals surface area contributed by atoms with Gasteiger partial charge in [0, 0.05) is 106 Å². The minimum atomic E-state index is -0.718. The van der Waals surface area contributed by atoms with Crippen molar-refractivity contribution in [2.24, 2.45) is 0 Å². The third kappa shape index (κ3) is 12.9. The number of benzene rings is 2. The highest BCUT2D eigenvalue weighted by Gasteiger charge is 2.50. The molecule has 5 fully saturated rings. The van der Waals surface area contributed by atoms with E-state index in [1.165, 1.54) is 11.9 Å². The summed E-state index contributed by atoms with van der Waals surface area (Å²) < 4.78 is 12.2. The van der Waals surface area contributed by atoms with Crippen LogP contribution >= 0.6 is 11.6 Å². The van der Waals surface area contributed by atoms with E-state index in [-0.39, 0.29) is 47.0 Å². The van der Waals surface area contributed by atoms with Crippen LogP contribution < -0.4 is 26.2 Å². The molecule has 3 atom stereocenters. The van der Waals surface area contributed by atoms with E-state index in [4.69, 9.17) is 21.1 Å². The molecule has 0 radical (unpaired) electrons. The van der Waals surface area contributed by atoms with Crippen molar-refractivity contribution in [3.05, 3.63) is 100 Å². The largest absolute Gasteiger partial charge is 0.444 e. The third-order valence-electron chi connectivity index (χ3n) is 15.7. The molecular formula is C56H74ClN11O7. The molecule has 2 bridgehead atoms. The molecule has 0 unspecified atom stereocenters. The first-order chi connectivity index (χ1) is 36.0. The second kappa shape index (κ2) is 23.2. The number of nitrogens with one attached hydrogen (secondary N) is 4. The molecule has 75 heavy (non-hydrogen) atoms. The number of amides is 4. The lowest BCUT2D eigenvalue weighted by Gasteiger charge is -2.55. The van der Waals surface area contributed by atoms with Crippen molar-refractivity contribution in [1.82, 2.24) is 45.6 Å². The summed E-state index contributed by atoms with van der Waals surface area (Å²) in [7, 11) is 0. The van der Waals surface area contributed by atoms with Gasteiger partial charge in [0.15, 0.2) is 5.69 Å². The molecule has 402 valence electrons. The minimum absolute atomic E-state index is 0.0322. The van der Waals surface area contributed by atoms with Gasteiger partial charge in [-0.3, -0.25) is 24.6 Å². The first-order valence-electron chi connectivity index (χ1n) is 26.8. The van der Waals surface area contributed by atoms with Crippen LogP contribution in [-0.4, -0.2) is 167 Å². The van der Waals surface area contributed by atoms with Crippen molar-refractivity contribution in [2.45, 2.75) is 108 Å². The summed E-state index contributed by atoms with van der Waals surface area (Å²) in [5.74, 6) is 0.273. The van der Waals surface area contributed by atoms with Gasteiger partial charge in [-0.1, -0.05) is 61.8 Å². The summed E-state index contributed by atoms with van der Waals surface area (Å²) >= 11 is 6.24. The van der Waals surface area contributed by atoms with Crippen molar-refractivity contribution in [3.63, 3.8) is 0 Å². The molecule has 19 heteroatoms. The number of aliphatic hydroxyl groups is 1. The fourth-order valence-corrected chi connectivity index (χ4v) is 11.5. The summed E-state index contributed by atoms with van der Waals surface area (Å²) in [6, 6.07) is 17.4. The van der Waals surface area contributed by atoms with E-state index in [0.717, 1.165) is 66.7 Å². The first-order valence-corrected chi connectivity index (χ1v) is 27.2. The number of pyridine rings is 1. The van der Waals surface area contributed by atoms with Gasteiger partial charge in [-0.2, -0.15) is 0 Å². The van der Waals surface area contributed by atoms with Crippen molar-refractivity contribution >= 4 is 46.9 Å². The van der Waals surface area contributed by atoms with Crippen LogP contribution in [-0.2, 0) is 25.5 Å². The van der Waals surface area contributed by atoms with Crippen molar-refractivity contribution < 1.29 is 33.8 Å². The van der Waals surface area contributed by atoms with E-state index in [0.29, 0.717) is 101 Å². The molecule has 1 saturated carbocycles. The number of hydrogen-bond acceptors (Lipinski definition) is 14.